The zero-order valence-corrected chi connectivity index (χ0v) is 9.57. The second-order valence-electron chi connectivity index (χ2n) is 3.47. The number of halogens is 3. The third kappa shape index (κ3) is 9.83. The van der Waals surface area contributed by atoms with E-state index in [-0.39, 0.29) is 0 Å². The maximum absolute atomic E-state index is 11.7. The molecule has 1 atom stereocenters. The van der Waals surface area contributed by atoms with Gasteiger partial charge in [0.25, 0.3) is 0 Å². The van der Waals surface area contributed by atoms with Gasteiger partial charge in [0.1, 0.15) is 12.6 Å². The van der Waals surface area contributed by atoms with E-state index >= 15 is 0 Å². The van der Waals surface area contributed by atoms with Gasteiger partial charge in [-0.05, 0) is 0 Å². The van der Waals surface area contributed by atoms with Crippen LogP contribution < -0.4 is 5.32 Å². The van der Waals surface area contributed by atoms with Crippen molar-refractivity contribution < 1.29 is 42.5 Å². The number of hydrogen-bond acceptors (Lipinski definition) is 4. The first kappa shape index (κ1) is 17.2. The first-order valence-corrected chi connectivity index (χ1v) is 5.00. The second kappa shape index (κ2) is 7.56. The van der Waals surface area contributed by atoms with Crippen LogP contribution in [0.2, 0.25) is 0 Å². The maximum atomic E-state index is 11.7. The molecule has 0 radical (unpaired) electrons. The van der Waals surface area contributed by atoms with E-state index in [0.29, 0.717) is 0 Å². The minimum absolute atomic E-state index is 0.501. The summed E-state index contributed by atoms with van der Waals surface area (Å²) in [4.78, 5) is 32.0. The highest BCUT2D eigenvalue weighted by molar-refractivity contribution is 5.86. The molecule has 0 saturated carbocycles. The van der Waals surface area contributed by atoms with Crippen molar-refractivity contribution in [2.45, 2.75) is 25.1 Å². The third-order valence-electron chi connectivity index (χ3n) is 1.75. The number of ether oxygens (including phenoxy) is 1. The molecule has 1 amide bonds. The quantitative estimate of drug-likeness (QED) is 0.542. The fraction of sp³-hybridized carbons (Fsp3) is 0.667. The Kier molecular flexibility index (Phi) is 6.83. The van der Waals surface area contributed by atoms with E-state index in [1.807, 2.05) is 5.32 Å². The van der Waals surface area contributed by atoms with Gasteiger partial charge in [0.05, 0.1) is 13.0 Å². The lowest BCUT2D eigenvalue weighted by atomic mass is 10.2. The standard InChI is InChI=1S/C9H12F3NO6/c10-9(11,12)4-19-2-1-6(14)13-5(8(17)18)3-7(15)16/h5H,1-4H2,(H,13,14)(H,15,16)(H,17,18)/t5-/m1/s1. The third-order valence-corrected chi connectivity index (χ3v) is 1.75. The van der Waals surface area contributed by atoms with E-state index in [1.165, 1.54) is 0 Å². The summed E-state index contributed by atoms with van der Waals surface area (Å²) < 4.78 is 39.2. The molecular formula is C9H12F3NO6. The monoisotopic (exact) mass is 287 g/mol. The lowest BCUT2D eigenvalue weighted by Gasteiger charge is -2.12. The molecule has 3 N–H and O–H groups in total. The number of aliphatic carboxylic acids is 2. The summed E-state index contributed by atoms with van der Waals surface area (Å²) in [6.07, 6.45) is -5.84. The van der Waals surface area contributed by atoms with Crippen molar-refractivity contribution in [1.29, 1.82) is 0 Å². The number of rotatable bonds is 8. The zero-order valence-electron chi connectivity index (χ0n) is 9.57. The Balaban J connectivity index is 4.00. The normalized spacial score (nSPS) is 12.8. The number of carbonyl (C=O) groups is 3. The second-order valence-corrected chi connectivity index (χ2v) is 3.47. The Morgan fingerprint density at radius 1 is 1.21 bits per heavy atom. The van der Waals surface area contributed by atoms with Crippen molar-refractivity contribution in [2.24, 2.45) is 0 Å². The minimum Gasteiger partial charge on any atom is -0.481 e. The van der Waals surface area contributed by atoms with Crippen LogP contribution in [0.4, 0.5) is 13.2 Å². The van der Waals surface area contributed by atoms with Gasteiger partial charge in [-0.25, -0.2) is 4.79 Å². The van der Waals surface area contributed by atoms with Gasteiger partial charge < -0.3 is 20.3 Å². The highest BCUT2D eigenvalue weighted by atomic mass is 19.4. The lowest BCUT2D eigenvalue weighted by Crippen LogP contribution is -2.42. The molecular weight excluding hydrogens is 275 g/mol. The Bertz CT molecular complexity index is 343. The van der Waals surface area contributed by atoms with Gasteiger partial charge in [0.2, 0.25) is 5.91 Å². The summed E-state index contributed by atoms with van der Waals surface area (Å²) in [6.45, 7) is -2.07. The molecule has 19 heavy (non-hydrogen) atoms. The Morgan fingerprint density at radius 3 is 2.21 bits per heavy atom. The number of carboxylic acids is 2. The molecule has 0 aliphatic rings. The van der Waals surface area contributed by atoms with Crippen LogP contribution in [0.5, 0.6) is 0 Å². The molecule has 0 heterocycles. The summed E-state index contributed by atoms with van der Waals surface area (Å²) >= 11 is 0. The van der Waals surface area contributed by atoms with Gasteiger partial charge >= 0.3 is 18.1 Å². The summed E-state index contributed by atoms with van der Waals surface area (Å²) in [6, 6.07) is -1.63. The number of nitrogens with one attached hydrogen (secondary N) is 1. The van der Waals surface area contributed by atoms with E-state index in [4.69, 9.17) is 10.2 Å². The number of amides is 1. The van der Waals surface area contributed by atoms with Crippen molar-refractivity contribution in [1.82, 2.24) is 5.32 Å². The highest BCUT2D eigenvalue weighted by Gasteiger charge is 2.27. The lowest BCUT2D eigenvalue weighted by molar-refractivity contribution is -0.174. The van der Waals surface area contributed by atoms with Gasteiger partial charge in [0, 0.05) is 6.42 Å². The first-order valence-electron chi connectivity index (χ1n) is 5.00. The number of carboxylic acid groups (broad SMARTS) is 2. The minimum atomic E-state index is -4.51. The molecule has 0 unspecified atom stereocenters. The summed E-state index contributed by atoms with van der Waals surface area (Å²) in [7, 11) is 0. The number of hydrogen-bond donors (Lipinski definition) is 3. The molecule has 110 valence electrons. The van der Waals surface area contributed by atoms with Crippen LogP contribution in [-0.4, -0.2) is 53.5 Å². The number of alkyl halides is 3. The van der Waals surface area contributed by atoms with Crippen LogP contribution in [0.25, 0.3) is 0 Å². The predicted octanol–water partition coefficient (Wildman–Crippen LogP) is -0.000500. The van der Waals surface area contributed by atoms with Crippen LogP contribution in [-0.2, 0) is 19.1 Å². The Hall–Kier alpha value is -1.84. The molecule has 0 aliphatic heterocycles. The molecule has 0 bridgehead atoms. The van der Waals surface area contributed by atoms with Crippen LogP contribution in [0, 0.1) is 0 Å². The van der Waals surface area contributed by atoms with Gasteiger partial charge in [-0.15, -0.1) is 0 Å². The fourth-order valence-corrected chi connectivity index (χ4v) is 0.994. The van der Waals surface area contributed by atoms with Crippen LogP contribution in [0.3, 0.4) is 0 Å². The van der Waals surface area contributed by atoms with Crippen LogP contribution in [0.15, 0.2) is 0 Å². The van der Waals surface area contributed by atoms with Gasteiger partial charge in [-0.3, -0.25) is 9.59 Å². The number of carbonyl (C=O) groups excluding carboxylic acids is 1. The molecule has 10 heteroatoms. The van der Waals surface area contributed by atoms with E-state index in [0.717, 1.165) is 0 Å². The molecule has 7 nitrogen and oxygen atoms in total. The van der Waals surface area contributed by atoms with E-state index in [9.17, 15) is 27.6 Å². The fourth-order valence-electron chi connectivity index (χ4n) is 0.994. The predicted molar refractivity (Wildman–Crippen MR) is 53.3 cm³/mol. The molecule has 0 fully saturated rings. The summed E-state index contributed by atoms with van der Waals surface area (Å²) in [5.41, 5.74) is 0. The van der Waals surface area contributed by atoms with Gasteiger partial charge in [-0.1, -0.05) is 0 Å². The van der Waals surface area contributed by atoms with E-state index in [1.54, 1.807) is 0 Å². The molecule has 0 aromatic carbocycles. The van der Waals surface area contributed by atoms with Crippen molar-refractivity contribution in [3.8, 4) is 0 Å². The Labute approximate surface area is 105 Å². The topological polar surface area (TPSA) is 113 Å². The first-order chi connectivity index (χ1) is 8.61. The largest absolute Gasteiger partial charge is 0.481 e. The average molecular weight is 287 g/mol. The van der Waals surface area contributed by atoms with E-state index < -0.39 is 56.1 Å². The van der Waals surface area contributed by atoms with E-state index in [2.05, 4.69) is 4.74 Å². The summed E-state index contributed by atoms with van der Waals surface area (Å²) in [5, 5.41) is 18.8. The molecule has 0 aromatic rings. The van der Waals surface area contributed by atoms with Crippen molar-refractivity contribution in [3.05, 3.63) is 0 Å². The molecule has 0 aromatic heterocycles. The molecule has 0 aliphatic carbocycles. The zero-order chi connectivity index (χ0) is 15.1. The van der Waals surface area contributed by atoms with Crippen LogP contribution >= 0.6 is 0 Å². The van der Waals surface area contributed by atoms with Crippen molar-refractivity contribution in [2.75, 3.05) is 13.2 Å². The van der Waals surface area contributed by atoms with Crippen molar-refractivity contribution >= 4 is 17.8 Å². The molecule has 0 saturated heterocycles. The average Bonchev–Trinajstić information content (AvgIpc) is 2.21. The molecule has 0 rings (SSSR count). The van der Waals surface area contributed by atoms with Gasteiger partial charge in [-0.2, -0.15) is 13.2 Å². The summed E-state index contributed by atoms with van der Waals surface area (Å²) in [5.74, 6) is -3.89. The SMILES string of the molecule is O=C(O)C[C@@H](NC(=O)CCOCC(F)(F)F)C(=O)O. The van der Waals surface area contributed by atoms with Crippen molar-refractivity contribution in [3.63, 3.8) is 0 Å². The van der Waals surface area contributed by atoms with Crippen LogP contribution in [0.1, 0.15) is 12.8 Å². The van der Waals surface area contributed by atoms with Gasteiger partial charge in [0.15, 0.2) is 0 Å². The highest BCUT2D eigenvalue weighted by Crippen LogP contribution is 2.14. The maximum Gasteiger partial charge on any atom is 0.411 e. The Morgan fingerprint density at radius 2 is 1.79 bits per heavy atom. The smallest absolute Gasteiger partial charge is 0.411 e. The molecule has 0 spiro atoms.